The van der Waals surface area contributed by atoms with E-state index in [9.17, 15) is 13.5 Å². The molecule has 9 heteroatoms. The highest BCUT2D eigenvalue weighted by molar-refractivity contribution is 9.10. The number of hydrogen-bond acceptors (Lipinski definition) is 5. The van der Waals surface area contributed by atoms with Crippen molar-refractivity contribution in [1.82, 2.24) is 0 Å². The van der Waals surface area contributed by atoms with Crippen molar-refractivity contribution in [3.8, 4) is 11.5 Å². The van der Waals surface area contributed by atoms with Crippen LogP contribution in [0.25, 0.3) is 0 Å². The van der Waals surface area contributed by atoms with Crippen LogP contribution >= 0.6 is 27.5 Å². The Balaban J connectivity index is 0.000000328. The molecule has 0 spiro atoms. The Bertz CT molecular complexity index is 1200. The molecule has 208 valence electrons. The summed E-state index contributed by atoms with van der Waals surface area (Å²) < 4.78 is 35.4. The molecule has 1 unspecified atom stereocenters. The van der Waals surface area contributed by atoms with Crippen molar-refractivity contribution < 1.29 is 23.0 Å². The highest BCUT2D eigenvalue weighted by Gasteiger charge is 2.18. The molecule has 0 saturated carbocycles. The zero-order valence-electron chi connectivity index (χ0n) is 21.9. The summed E-state index contributed by atoms with van der Waals surface area (Å²) >= 11 is 9.25. The predicted molar refractivity (Wildman–Crippen MR) is 158 cm³/mol. The summed E-state index contributed by atoms with van der Waals surface area (Å²) in [5.41, 5.74) is 1.01. The molecule has 3 aromatic rings. The van der Waals surface area contributed by atoms with E-state index >= 15 is 0 Å². The molecule has 3 rings (SSSR count). The fourth-order valence-electron chi connectivity index (χ4n) is 3.46. The van der Waals surface area contributed by atoms with E-state index in [0.717, 1.165) is 48.3 Å². The molecular formula is C29H37BrClNO5S. The topological polar surface area (TPSA) is 98.8 Å². The van der Waals surface area contributed by atoms with Crippen LogP contribution in [0.4, 0.5) is 0 Å². The van der Waals surface area contributed by atoms with E-state index in [2.05, 4.69) is 29.8 Å². The predicted octanol–water partition coefficient (Wildman–Crippen LogP) is 7.66. The molecule has 0 aliphatic carbocycles. The number of ether oxygens (including phenoxy) is 2. The van der Waals surface area contributed by atoms with Crippen molar-refractivity contribution in [3.05, 3.63) is 87.4 Å². The van der Waals surface area contributed by atoms with Crippen LogP contribution in [0.2, 0.25) is 5.02 Å². The largest absolute Gasteiger partial charge is 0.494 e. The minimum atomic E-state index is -3.96. The number of rotatable bonds is 13. The summed E-state index contributed by atoms with van der Waals surface area (Å²) in [6.45, 7) is 5.81. The number of nitrogens with two attached hydrogens (primary N) is 1. The van der Waals surface area contributed by atoms with Gasteiger partial charge in [-0.1, -0.05) is 85.3 Å². The van der Waals surface area contributed by atoms with Crippen molar-refractivity contribution >= 4 is 37.6 Å². The maximum absolute atomic E-state index is 11.6. The molecule has 38 heavy (non-hydrogen) atoms. The SMILES string of the molecule is CCCCCOc1ccc(Br)cc1.CCCCCOc1ccc(C(O)c2ccc(Cl)c(S(N)(=O)=O)c2)cc1. The van der Waals surface area contributed by atoms with Crippen molar-refractivity contribution in [1.29, 1.82) is 0 Å². The van der Waals surface area contributed by atoms with Gasteiger partial charge in [-0.25, -0.2) is 13.6 Å². The van der Waals surface area contributed by atoms with Crippen molar-refractivity contribution in [2.75, 3.05) is 13.2 Å². The zero-order chi connectivity index (χ0) is 28.0. The molecule has 0 heterocycles. The van der Waals surface area contributed by atoms with E-state index < -0.39 is 16.1 Å². The van der Waals surface area contributed by atoms with Crippen molar-refractivity contribution in [2.45, 2.75) is 63.4 Å². The van der Waals surface area contributed by atoms with Gasteiger partial charge >= 0.3 is 0 Å². The second kappa shape index (κ2) is 16.8. The van der Waals surface area contributed by atoms with E-state index in [1.165, 1.54) is 25.0 Å². The fourth-order valence-corrected chi connectivity index (χ4v) is 4.81. The Kier molecular flexibility index (Phi) is 14.2. The van der Waals surface area contributed by atoms with Gasteiger partial charge in [-0.05, 0) is 72.5 Å². The molecule has 6 nitrogen and oxygen atoms in total. The van der Waals surface area contributed by atoms with Gasteiger partial charge in [0, 0.05) is 4.47 Å². The number of benzene rings is 3. The van der Waals surface area contributed by atoms with Gasteiger partial charge in [0.05, 0.1) is 18.2 Å². The zero-order valence-corrected chi connectivity index (χ0v) is 25.1. The van der Waals surface area contributed by atoms with E-state index in [1.807, 2.05) is 24.3 Å². The van der Waals surface area contributed by atoms with Gasteiger partial charge in [-0.15, -0.1) is 0 Å². The number of halogens is 2. The molecule has 3 aromatic carbocycles. The lowest BCUT2D eigenvalue weighted by molar-refractivity contribution is 0.220. The van der Waals surface area contributed by atoms with Gasteiger partial charge in [0.1, 0.15) is 22.5 Å². The monoisotopic (exact) mass is 625 g/mol. The molecule has 0 saturated heterocycles. The minimum Gasteiger partial charge on any atom is -0.494 e. The smallest absolute Gasteiger partial charge is 0.239 e. The molecular weight excluding hydrogens is 590 g/mol. The van der Waals surface area contributed by atoms with Crippen molar-refractivity contribution in [2.24, 2.45) is 5.14 Å². The summed E-state index contributed by atoms with van der Waals surface area (Å²) in [7, 11) is -3.96. The average Bonchev–Trinajstić information content (AvgIpc) is 2.90. The number of aliphatic hydroxyl groups excluding tert-OH is 1. The van der Waals surface area contributed by atoms with Gasteiger partial charge in [0.25, 0.3) is 0 Å². The van der Waals surface area contributed by atoms with Crippen LogP contribution < -0.4 is 14.6 Å². The van der Waals surface area contributed by atoms with Crippen LogP contribution in [-0.2, 0) is 10.0 Å². The minimum absolute atomic E-state index is 0.0225. The van der Waals surface area contributed by atoms with Crippen molar-refractivity contribution in [3.63, 3.8) is 0 Å². The molecule has 0 aliphatic heterocycles. The summed E-state index contributed by atoms with van der Waals surface area (Å²) in [6.07, 6.45) is 5.90. The molecule has 0 amide bonds. The number of sulfonamides is 1. The molecule has 0 aromatic heterocycles. The van der Waals surface area contributed by atoms with E-state index in [1.54, 1.807) is 30.3 Å². The summed E-state index contributed by atoms with van der Waals surface area (Å²) in [6, 6.07) is 19.3. The molecule has 3 N–H and O–H groups in total. The Morgan fingerprint density at radius 3 is 1.76 bits per heavy atom. The van der Waals surface area contributed by atoms with Gasteiger partial charge in [-0.3, -0.25) is 0 Å². The normalized spacial score (nSPS) is 11.8. The van der Waals surface area contributed by atoms with Gasteiger partial charge < -0.3 is 14.6 Å². The summed E-state index contributed by atoms with van der Waals surface area (Å²) in [4.78, 5) is -0.207. The lowest BCUT2D eigenvalue weighted by Gasteiger charge is -2.14. The lowest BCUT2D eigenvalue weighted by Crippen LogP contribution is -2.13. The summed E-state index contributed by atoms with van der Waals surface area (Å²) in [5.74, 6) is 1.69. The van der Waals surface area contributed by atoms with E-state index in [0.29, 0.717) is 17.7 Å². The van der Waals surface area contributed by atoms with Crippen LogP contribution in [0.3, 0.4) is 0 Å². The van der Waals surface area contributed by atoms with Gasteiger partial charge in [0.2, 0.25) is 10.0 Å². The second-order valence-electron chi connectivity index (χ2n) is 8.77. The average molecular weight is 627 g/mol. The lowest BCUT2D eigenvalue weighted by atomic mass is 10.0. The first kappa shape index (κ1) is 32.1. The summed E-state index contributed by atoms with van der Waals surface area (Å²) in [5, 5.41) is 15.7. The van der Waals surface area contributed by atoms with E-state index in [-0.39, 0.29) is 9.92 Å². The Hall–Kier alpha value is -2.10. The number of unbranched alkanes of at least 4 members (excludes halogenated alkanes) is 4. The third-order valence-electron chi connectivity index (χ3n) is 5.62. The highest BCUT2D eigenvalue weighted by Crippen LogP contribution is 2.29. The van der Waals surface area contributed by atoms with Gasteiger partial charge in [0.15, 0.2) is 0 Å². The maximum Gasteiger partial charge on any atom is 0.239 e. The van der Waals surface area contributed by atoms with Crippen LogP contribution in [0.15, 0.2) is 76.1 Å². The number of primary sulfonamides is 1. The molecule has 0 fully saturated rings. The fraction of sp³-hybridized carbons (Fsp3) is 0.379. The third-order valence-corrected chi connectivity index (χ3v) is 7.54. The van der Waals surface area contributed by atoms with Gasteiger partial charge in [-0.2, -0.15) is 0 Å². The Labute approximate surface area is 240 Å². The second-order valence-corrected chi connectivity index (χ2v) is 11.6. The molecule has 0 radical (unpaired) electrons. The highest BCUT2D eigenvalue weighted by atomic mass is 79.9. The first-order valence-corrected chi connectivity index (χ1v) is 15.5. The number of hydrogen-bond donors (Lipinski definition) is 2. The first-order chi connectivity index (χ1) is 18.2. The quantitative estimate of drug-likeness (QED) is 0.190. The number of aliphatic hydroxyl groups is 1. The van der Waals surface area contributed by atoms with Crippen LogP contribution in [-0.4, -0.2) is 26.7 Å². The standard InChI is InChI=1S/C18H22ClNO4S.C11H15BrO/c1-2-3-4-11-24-15-8-5-13(6-9-15)18(21)14-7-10-16(19)17(12-14)25(20,22)23;1-2-3-4-9-13-11-7-5-10(12)6-8-11/h5-10,12,18,21H,2-4,11H2,1H3,(H2,20,22,23);5-8H,2-4,9H2,1H3. The van der Waals surface area contributed by atoms with Crippen LogP contribution in [0.1, 0.15) is 69.6 Å². The molecule has 1 atom stereocenters. The molecule has 0 bridgehead atoms. The van der Waals surface area contributed by atoms with E-state index in [4.69, 9.17) is 26.2 Å². The maximum atomic E-state index is 11.6. The van der Waals surface area contributed by atoms with Crippen LogP contribution in [0.5, 0.6) is 11.5 Å². The third kappa shape index (κ3) is 11.3. The first-order valence-electron chi connectivity index (χ1n) is 12.8. The Morgan fingerprint density at radius 1 is 0.816 bits per heavy atom. The Morgan fingerprint density at radius 2 is 1.29 bits per heavy atom. The molecule has 0 aliphatic rings. The van der Waals surface area contributed by atoms with Crippen LogP contribution in [0, 0.1) is 0 Å².